The third-order valence-corrected chi connectivity index (χ3v) is 6.72. The summed E-state index contributed by atoms with van der Waals surface area (Å²) in [6, 6.07) is 10.2. The highest BCUT2D eigenvalue weighted by Crippen LogP contribution is 2.31. The van der Waals surface area contributed by atoms with E-state index in [-0.39, 0.29) is 5.97 Å². The Bertz CT molecular complexity index is 457. The van der Waals surface area contributed by atoms with E-state index in [9.17, 15) is 4.79 Å². The van der Waals surface area contributed by atoms with Gasteiger partial charge in [0, 0.05) is 0 Å². The molecule has 0 radical (unpaired) electrons. The van der Waals surface area contributed by atoms with Crippen LogP contribution in [0.5, 0.6) is 0 Å². The molecule has 1 aliphatic carbocycles. The van der Waals surface area contributed by atoms with Gasteiger partial charge in [0.25, 0.3) is 9.04 Å². The van der Waals surface area contributed by atoms with Gasteiger partial charge in [-0.15, -0.1) is 5.73 Å². The van der Waals surface area contributed by atoms with Crippen LogP contribution in [0, 0.1) is 0 Å². The van der Waals surface area contributed by atoms with Crippen LogP contribution in [0.1, 0.15) is 32.1 Å². The summed E-state index contributed by atoms with van der Waals surface area (Å²) < 4.78 is 5.76. The Morgan fingerprint density at radius 2 is 1.95 bits per heavy atom. The van der Waals surface area contributed by atoms with Crippen LogP contribution >= 0.6 is 0 Å². The SMILES string of the molecule is C=C=CC(=O)O[SiH](c1ccccc1)C1CCCCC1. The Morgan fingerprint density at radius 3 is 2.58 bits per heavy atom. The second-order valence-electron chi connectivity index (χ2n) is 5.01. The van der Waals surface area contributed by atoms with Gasteiger partial charge >= 0.3 is 5.97 Å². The Morgan fingerprint density at radius 1 is 1.26 bits per heavy atom. The van der Waals surface area contributed by atoms with Crippen molar-refractivity contribution in [2.75, 3.05) is 0 Å². The summed E-state index contributed by atoms with van der Waals surface area (Å²) in [5.74, 6) is -0.291. The lowest BCUT2D eigenvalue weighted by Crippen LogP contribution is -2.40. The number of carbonyl (C=O) groups excluding carboxylic acids is 1. The Hall–Kier alpha value is -1.57. The van der Waals surface area contributed by atoms with Crippen LogP contribution in [0.25, 0.3) is 0 Å². The van der Waals surface area contributed by atoms with Crippen molar-refractivity contribution in [3.05, 3.63) is 48.7 Å². The van der Waals surface area contributed by atoms with Crippen molar-refractivity contribution in [1.29, 1.82) is 0 Å². The van der Waals surface area contributed by atoms with Crippen molar-refractivity contribution >= 4 is 20.2 Å². The number of hydrogen-bond acceptors (Lipinski definition) is 2. The van der Waals surface area contributed by atoms with Crippen molar-refractivity contribution in [3.63, 3.8) is 0 Å². The fourth-order valence-electron chi connectivity index (χ4n) is 2.76. The summed E-state index contributed by atoms with van der Waals surface area (Å²) in [7, 11) is -1.71. The Balaban J connectivity index is 2.17. The zero-order valence-electron chi connectivity index (χ0n) is 11.2. The van der Waals surface area contributed by atoms with Gasteiger partial charge in [-0.3, -0.25) is 0 Å². The minimum absolute atomic E-state index is 0.291. The highest BCUT2D eigenvalue weighted by molar-refractivity contribution is 6.70. The van der Waals surface area contributed by atoms with Crippen LogP contribution in [-0.4, -0.2) is 15.0 Å². The molecule has 0 aromatic heterocycles. The fourth-order valence-corrected chi connectivity index (χ4v) is 5.63. The zero-order valence-corrected chi connectivity index (χ0v) is 12.3. The van der Waals surface area contributed by atoms with E-state index in [2.05, 4.69) is 24.4 Å². The Kier molecular flexibility index (Phi) is 5.19. The molecule has 100 valence electrons. The van der Waals surface area contributed by atoms with E-state index in [0.29, 0.717) is 5.54 Å². The van der Waals surface area contributed by atoms with Gasteiger partial charge in [-0.1, -0.05) is 56.2 Å². The third-order valence-electron chi connectivity index (χ3n) is 3.67. The van der Waals surface area contributed by atoms with E-state index in [1.54, 1.807) is 0 Å². The quantitative estimate of drug-likeness (QED) is 0.478. The molecular formula is C16H20O2Si. The molecule has 1 fully saturated rings. The van der Waals surface area contributed by atoms with Crippen LogP contribution in [-0.2, 0) is 9.22 Å². The lowest BCUT2D eigenvalue weighted by Gasteiger charge is -2.28. The zero-order chi connectivity index (χ0) is 13.5. The highest BCUT2D eigenvalue weighted by Gasteiger charge is 2.30. The van der Waals surface area contributed by atoms with Crippen molar-refractivity contribution in [2.45, 2.75) is 37.6 Å². The molecule has 2 rings (SSSR count). The molecule has 0 heterocycles. The summed E-state index contributed by atoms with van der Waals surface area (Å²) in [5.41, 5.74) is 3.07. The molecule has 0 bridgehead atoms. The summed E-state index contributed by atoms with van der Waals surface area (Å²) in [6.45, 7) is 3.43. The number of hydrogen-bond donors (Lipinski definition) is 0. The number of carbonyl (C=O) groups is 1. The van der Waals surface area contributed by atoms with Crippen LogP contribution in [0.3, 0.4) is 0 Å². The average Bonchev–Trinajstić information content (AvgIpc) is 2.47. The van der Waals surface area contributed by atoms with Crippen molar-refractivity contribution in [1.82, 2.24) is 0 Å². The van der Waals surface area contributed by atoms with Gasteiger partial charge in [0.05, 0.1) is 6.08 Å². The van der Waals surface area contributed by atoms with Crippen LogP contribution in [0.4, 0.5) is 0 Å². The number of benzene rings is 1. The second-order valence-corrected chi connectivity index (χ2v) is 7.70. The maximum absolute atomic E-state index is 11.7. The van der Waals surface area contributed by atoms with Crippen molar-refractivity contribution < 1.29 is 9.22 Å². The predicted molar refractivity (Wildman–Crippen MR) is 79.9 cm³/mol. The molecule has 19 heavy (non-hydrogen) atoms. The molecule has 0 saturated heterocycles. The largest absolute Gasteiger partial charge is 0.514 e. The third kappa shape index (κ3) is 3.95. The molecule has 1 aromatic carbocycles. The standard InChI is InChI=1S/C16H20O2Si/c1-2-9-16(17)18-19(14-10-5-3-6-11-14)15-12-7-4-8-13-15/h3,5-6,9-11,15,19H,1,4,7-8,12-13H2. The van der Waals surface area contributed by atoms with E-state index in [4.69, 9.17) is 4.43 Å². The summed E-state index contributed by atoms with van der Waals surface area (Å²) in [4.78, 5) is 11.7. The molecule has 1 atom stereocenters. The van der Waals surface area contributed by atoms with Gasteiger partial charge < -0.3 is 4.43 Å². The normalized spacial score (nSPS) is 17.3. The van der Waals surface area contributed by atoms with Crippen LogP contribution < -0.4 is 5.19 Å². The smallest absolute Gasteiger partial charge is 0.325 e. The van der Waals surface area contributed by atoms with E-state index in [1.807, 2.05) is 18.2 Å². The molecule has 2 nitrogen and oxygen atoms in total. The first-order chi connectivity index (χ1) is 9.31. The topological polar surface area (TPSA) is 26.3 Å². The first kappa shape index (κ1) is 13.8. The first-order valence-electron chi connectivity index (χ1n) is 6.92. The molecule has 1 saturated carbocycles. The minimum Gasteiger partial charge on any atom is -0.514 e. The van der Waals surface area contributed by atoms with Gasteiger partial charge in [0.15, 0.2) is 0 Å². The van der Waals surface area contributed by atoms with E-state index in [0.717, 1.165) is 0 Å². The first-order valence-corrected chi connectivity index (χ1v) is 8.64. The van der Waals surface area contributed by atoms with E-state index < -0.39 is 9.04 Å². The maximum atomic E-state index is 11.7. The maximum Gasteiger partial charge on any atom is 0.325 e. The van der Waals surface area contributed by atoms with Gasteiger partial charge in [0.2, 0.25) is 0 Å². The molecule has 1 aliphatic rings. The monoisotopic (exact) mass is 272 g/mol. The summed E-state index contributed by atoms with van der Waals surface area (Å²) in [6.07, 6.45) is 7.51. The van der Waals surface area contributed by atoms with Gasteiger partial charge in [0.1, 0.15) is 0 Å². The summed E-state index contributed by atoms with van der Waals surface area (Å²) in [5, 5.41) is 1.22. The molecule has 1 unspecified atom stereocenters. The molecule has 0 spiro atoms. The molecule has 0 amide bonds. The minimum atomic E-state index is -1.71. The predicted octanol–water partition coefficient (Wildman–Crippen LogP) is 2.84. The second kappa shape index (κ2) is 7.12. The molecule has 0 N–H and O–H groups in total. The fraction of sp³-hybridized carbons (Fsp3) is 0.375. The lowest BCUT2D eigenvalue weighted by molar-refractivity contribution is -0.129. The highest BCUT2D eigenvalue weighted by atomic mass is 28.3. The molecule has 3 heteroatoms. The van der Waals surface area contributed by atoms with Gasteiger partial charge in [-0.25, -0.2) is 4.79 Å². The van der Waals surface area contributed by atoms with Crippen molar-refractivity contribution in [2.24, 2.45) is 0 Å². The lowest BCUT2D eigenvalue weighted by atomic mass is 10.0. The van der Waals surface area contributed by atoms with Crippen LogP contribution in [0.15, 0.2) is 48.7 Å². The molecule has 1 aromatic rings. The van der Waals surface area contributed by atoms with Gasteiger partial charge in [-0.2, -0.15) is 0 Å². The van der Waals surface area contributed by atoms with Crippen LogP contribution in [0.2, 0.25) is 5.54 Å². The number of rotatable bonds is 4. The van der Waals surface area contributed by atoms with E-state index >= 15 is 0 Å². The summed E-state index contributed by atoms with van der Waals surface area (Å²) >= 11 is 0. The average molecular weight is 272 g/mol. The Labute approximate surface area is 116 Å². The molecule has 0 aliphatic heterocycles. The van der Waals surface area contributed by atoms with E-state index in [1.165, 1.54) is 43.4 Å². The molecular weight excluding hydrogens is 252 g/mol. The van der Waals surface area contributed by atoms with Crippen molar-refractivity contribution in [3.8, 4) is 0 Å². The van der Waals surface area contributed by atoms with Gasteiger partial charge in [-0.05, 0) is 23.6 Å².